The Hall–Kier alpha value is -2.12. The summed E-state index contributed by atoms with van der Waals surface area (Å²) in [6.07, 6.45) is 13.6. The minimum absolute atomic E-state index is 0.917. The Morgan fingerprint density at radius 1 is 0.556 bits per heavy atom. The van der Waals surface area contributed by atoms with E-state index in [1.54, 1.807) is 0 Å². The molecule has 0 saturated heterocycles. The number of allylic oxidation sites excluding steroid dienone is 2. The van der Waals surface area contributed by atoms with E-state index >= 15 is 0 Å². The molecular weight excluding hydrogens is 326 g/mol. The maximum Gasteiger partial charge on any atom is 0.0208 e. The summed E-state index contributed by atoms with van der Waals surface area (Å²) in [7, 11) is 0. The quantitative estimate of drug-likeness (QED) is 0.289. The molecule has 0 saturated carbocycles. The lowest BCUT2D eigenvalue weighted by molar-refractivity contribution is 0.691. The van der Waals surface area contributed by atoms with Gasteiger partial charge < -0.3 is 5.32 Å². The first kappa shape index (κ1) is 21.2. The first-order chi connectivity index (χ1) is 13.3. The molecule has 0 bridgehead atoms. The molecule has 1 N–H and O–H groups in total. The molecule has 0 heterocycles. The zero-order valence-electron chi connectivity index (χ0n) is 16.8. The molecule has 1 nitrogen and oxygen atoms in total. The average Bonchev–Trinajstić information content (AvgIpc) is 2.71. The van der Waals surface area contributed by atoms with Gasteiger partial charge in [0.15, 0.2) is 0 Å². The Balaban J connectivity index is 1.66. The lowest BCUT2D eigenvalue weighted by Crippen LogP contribution is -2.12. The van der Waals surface area contributed by atoms with Crippen LogP contribution in [0.15, 0.2) is 73.8 Å². The van der Waals surface area contributed by atoms with Crippen molar-refractivity contribution in [3.05, 3.63) is 96.1 Å². The van der Waals surface area contributed by atoms with E-state index < -0.39 is 0 Å². The van der Waals surface area contributed by atoms with Crippen LogP contribution < -0.4 is 5.32 Å². The fraction of sp³-hybridized carbons (Fsp3) is 0.385. The summed E-state index contributed by atoms with van der Waals surface area (Å²) in [6, 6.07) is 18.1. The topological polar surface area (TPSA) is 12.0 Å². The fourth-order valence-electron chi connectivity index (χ4n) is 3.23. The molecule has 1 heteroatoms. The molecule has 0 amide bonds. The normalized spacial score (nSPS) is 10.7. The molecular formula is C26H35N. The molecule has 27 heavy (non-hydrogen) atoms. The summed E-state index contributed by atoms with van der Waals surface area (Å²) < 4.78 is 0. The van der Waals surface area contributed by atoms with E-state index in [0.717, 1.165) is 25.9 Å². The second-order valence-corrected chi connectivity index (χ2v) is 7.31. The number of rotatable bonds is 14. The van der Waals surface area contributed by atoms with Crippen LogP contribution in [0.25, 0.3) is 0 Å². The molecule has 0 atom stereocenters. The van der Waals surface area contributed by atoms with Gasteiger partial charge in [0.05, 0.1) is 0 Å². The smallest absolute Gasteiger partial charge is 0.0208 e. The van der Waals surface area contributed by atoms with Crippen LogP contribution in [-0.2, 0) is 25.9 Å². The van der Waals surface area contributed by atoms with Gasteiger partial charge in [-0.1, -0.05) is 60.7 Å². The fourth-order valence-corrected chi connectivity index (χ4v) is 3.23. The number of hydrogen-bond donors (Lipinski definition) is 1. The molecule has 0 aliphatic carbocycles. The van der Waals surface area contributed by atoms with E-state index in [1.807, 2.05) is 12.2 Å². The highest BCUT2D eigenvalue weighted by Gasteiger charge is 1.98. The van der Waals surface area contributed by atoms with Gasteiger partial charge in [0.2, 0.25) is 0 Å². The van der Waals surface area contributed by atoms with Crippen LogP contribution in [0, 0.1) is 0 Å². The van der Waals surface area contributed by atoms with Crippen LogP contribution in [0.3, 0.4) is 0 Å². The van der Waals surface area contributed by atoms with Crippen LogP contribution in [0.5, 0.6) is 0 Å². The molecule has 2 aromatic carbocycles. The lowest BCUT2D eigenvalue weighted by atomic mass is 10.0. The number of benzene rings is 2. The molecule has 2 aromatic rings. The third-order valence-electron chi connectivity index (χ3n) is 4.95. The van der Waals surface area contributed by atoms with Gasteiger partial charge in [-0.25, -0.2) is 0 Å². The lowest BCUT2D eigenvalue weighted by Gasteiger charge is -2.08. The number of nitrogens with one attached hydrogen (secondary N) is 1. The van der Waals surface area contributed by atoms with Crippen molar-refractivity contribution in [1.29, 1.82) is 0 Å². The largest absolute Gasteiger partial charge is 0.309 e. The molecule has 0 spiro atoms. The van der Waals surface area contributed by atoms with Crippen molar-refractivity contribution in [3.8, 4) is 0 Å². The van der Waals surface area contributed by atoms with Crippen LogP contribution >= 0.6 is 0 Å². The van der Waals surface area contributed by atoms with Gasteiger partial charge in [-0.15, -0.1) is 13.2 Å². The van der Waals surface area contributed by atoms with Crippen molar-refractivity contribution in [2.45, 2.75) is 64.5 Å². The third-order valence-corrected chi connectivity index (χ3v) is 4.95. The van der Waals surface area contributed by atoms with Gasteiger partial charge in [0.25, 0.3) is 0 Å². The van der Waals surface area contributed by atoms with E-state index in [-0.39, 0.29) is 0 Å². The molecule has 0 fully saturated rings. The van der Waals surface area contributed by atoms with Gasteiger partial charge in [0.1, 0.15) is 0 Å². The zero-order valence-corrected chi connectivity index (χ0v) is 16.8. The molecule has 0 aromatic heterocycles. The number of hydrogen-bond acceptors (Lipinski definition) is 1. The Morgan fingerprint density at radius 3 is 1.30 bits per heavy atom. The van der Waals surface area contributed by atoms with Crippen LogP contribution in [0.4, 0.5) is 0 Å². The summed E-state index contributed by atoms with van der Waals surface area (Å²) in [5, 5.41) is 3.55. The van der Waals surface area contributed by atoms with E-state index in [4.69, 9.17) is 0 Å². The maximum atomic E-state index is 3.78. The molecule has 0 unspecified atom stereocenters. The Kier molecular flexibility index (Phi) is 10.3. The Morgan fingerprint density at radius 2 is 0.926 bits per heavy atom. The van der Waals surface area contributed by atoms with Crippen molar-refractivity contribution in [2.75, 3.05) is 0 Å². The summed E-state index contributed by atoms with van der Waals surface area (Å²) >= 11 is 0. The van der Waals surface area contributed by atoms with Gasteiger partial charge in [-0.05, 0) is 73.6 Å². The predicted octanol–water partition coefficient (Wildman–Crippen LogP) is 6.77. The van der Waals surface area contributed by atoms with E-state index in [0.29, 0.717) is 0 Å². The number of aryl methyl sites for hydroxylation is 2. The summed E-state index contributed by atoms with van der Waals surface area (Å²) in [6.45, 7) is 9.39. The molecule has 0 radical (unpaired) electrons. The Bertz CT molecular complexity index is 592. The van der Waals surface area contributed by atoms with Crippen LogP contribution in [0.2, 0.25) is 0 Å². The number of unbranched alkanes of at least 4 members (excludes halogenated alkanes) is 4. The highest BCUT2D eigenvalue weighted by Crippen LogP contribution is 2.11. The van der Waals surface area contributed by atoms with Crippen LogP contribution in [-0.4, -0.2) is 0 Å². The van der Waals surface area contributed by atoms with E-state index in [2.05, 4.69) is 67.0 Å². The van der Waals surface area contributed by atoms with Crippen molar-refractivity contribution in [3.63, 3.8) is 0 Å². The van der Waals surface area contributed by atoms with Crippen molar-refractivity contribution >= 4 is 0 Å². The first-order valence-electron chi connectivity index (χ1n) is 10.4. The molecule has 144 valence electrons. The maximum absolute atomic E-state index is 3.78. The second kappa shape index (κ2) is 13.1. The second-order valence-electron chi connectivity index (χ2n) is 7.31. The predicted molar refractivity (Wildman–Crippen MR) is 119 cm³/mol. The van der Waals surface area contributed by atoms with Gasteiger partial charge in [0, 0.05) is 13.1 Å². The van der Waals surface area contributed by atoms with E-state index in [9.17, 15) is 0 Å². The summed E-state index contributed by atoms with van der Waals surface area (Å²) in [5.41, 5.74) is 5.57. The monoisotopic (exact) mass is 361 g/mol. The SMILES string of the molecule is C=CCCCCc1ccc(CNCc2ccc(CCCCC=C)cc2)cc1. The van der Waals surface area contributed by atoms with E-state index in [1.165, 1.54) is 60.8 Å². The minimum atomic E-state index is 0.917. The highest BCUT2D eigenvalue weighted by atomic mass is 14.8. The first-order valence-corrected chi connectivity index (χ1v) is 10.4. The zero-order chi connectivity index (χ0) is 19.2. The van der Waals surface area contributed by atoms with Crippen LogP contribution in [0.1, 0.15) is 60.8 Å². The Labute approximate surface area is 166 Å². The average molecular weight is 362 g/mol. The minimum Gasteiger partial charge on any atom is -0.309 e. The molecule has 0 aliphatic rings. The summed E-state index contributed by atoms with van der Waals surface area (Å²) in [5.74, 6) is 0. The van der Waals surface area contributed by atoms with Crippen molar-refractivity contribution in [1.82, 2.24) is 5.32 Å². The van der Waals surface area contributed by atoms with Crippen molar-refractivity contribution < 1.29 is 0 Å². The van der Waals surface area contributed by atoms with Gasteiger partial charge in [-0.3, -0.25) is 0 Å². The highest BCUT2D eigenvalue weighted by molar-refractivity contribution is 5.24. The molecule has 2 rings (SSSR count). The summed E-state index contributed by atoms with van der Waals surface area (Å²) in [4.78, 5) is 0. The van der Waals surface area contributed by atoms with Gasteiger partial charge in [-0.2, -0.15) is 0 Å². The standard InChI is InChI=1S/C26H35N/c1-3-5-7-9-11-23-13-17-25(18-14-23)21-27-22-26-19-15-24(16-20-26)12-10-8-6-4-2/h3-4,13-20,27H,1-2,5-12,21-22H2. The molecule has 0 aliphatic heterocycles. The van der Waals surface area contributed by atoms with Crippen molar-refractivity contribution in [2.24, 2.45) is 0 Å². The van der Waals surface area contributed by atoms with Gasteiger partial charge >= 0.3 is 0 Å². The third kappa shape index (κ3) is 8.88.